The van der Waals surface area contributed by atoms with Gasteiger partial charge in [-0.05, 0) is 42.9 Å². The third kappa shape index (κ3) is 15.5. The first-order valence-corrected chi connectivity index (χ1v) is 8.39. The van der Waals surface area contributed by atoms with Gasteiger partial charge in [0.05, 0.1) is 0 Å². The minimum absolute atomic E-state index is 0.232. The average Bonchev–Trinajstić information content (AvgIpc) is 2.31. The molecule has 0 saturated carbocycles. The molecular weight excluding hydrogens is 276 g/mol. The Balaban J connectivity index is 0. The Kier molecular flexibility index (Phi) is 10.7. The van der Waals surface area contributed by atoms with E-state index in [0.717, 1.165) is 19.3 Å². The van der Waals surface area contributed by atoms with E-state index in [1.165, 1.54) is 0 Å². The van der Waals surface area contributed by atoms with E-state index in [9.17, 15) is 9.59 Å². The second-order valence-corrected chi connectivity index (χ2v) is 8.81. The van der Waals surface area contributed by atoms with Gasteiger partial charge < -0.3 is 5.11 Å². The molecule has 0 radical (unpaired) electrons. The smallest absolute Gasteiger partial charge is 0.303 e. The zero-order valence-corrected chi connectivity index (χ0v) is 16.2. The summed E-state index contributed by atoms with van der Waals surface area (Å²) in [6.07, 6.45) is 3.23. The maximum atomic E-state index is 10.9. The summed E-state index contributed by atoms with van der Waals surface area (Å²) in [5.41, 5.74) is 0.596. The highest BCUT2D eigenvalue weighted by molar-refractivity contribution is 5.77. The molecule has 132 valence electrons. The van der Waals surface area contributed by atoms with Crippen LogP contribution in [0.3, 0.4) is 0 Å². The maximum absolute atomic E-state index is 10.9. The van der Waals surface area contributed by atoms with Crippen LogP contribution in [0.1, 0.15) is 88.0 Å². The van der Waals surface area contributed by atoms with Crippen molar-refractivity contribution in [2.24, 2.45) is 22.7 Å². The molecule has 0 amide bonds. The summed E-state index contributed by atoms with van der Waals surface area (Å²) >= 11 is 0. The summed E-state index contributed by atoms with van der Waals surface area (Å²) in [5, 5.41) is 8.43. The van der Waals surface area contributed by atoms with Crippen molar-refractivity contribution in [3.63, 3.8) is 0 Å². The lowest BCUT2D eigenvalue weighted by Gasteiger charge is -2.26. The molecule has 2 unspecified atom stereocenters. The van der Waals surface area contributed by atoms with Crippen LogP contribution in [0.2, 0.25) is 0 Å². The normalized spacial score (nSPS) is 14.6. The monoisotopic (exact) mass is 314 g/mol. The van der Waals surface area contributed by atoms with Gasteiger partial charge in [0.15, 0.2) is 0 Å². The van der Waals surface area contributed by atoms with Crippen molar-refractivity contribution < 1.29 is 14.7 Å². The number of ketones is 1. The van der Waals surface area contributed by atoms with Crippen LogP contribution in [-0.2, 0) is 9.59 Å². The number of rotatable bonds is 6. The largest absolute Gasteiger partial charge is 0.481 e. The highest BCUT2D eigenvalue weighted by atomic mass is 16.4. The Morgan fingerprint density at radius 2 is 1.41 bits per heavy atom. The number of Topliss-reactive ketones (excluding diaryl/α,β-unsaturated/α-hetero) is 1. The fourth-order valence-electron chi connectivity index (χ4n) is 1.63. The van der Waals surface area contributed by atoms with E-state index in [-0.39, 0.29) is 11.3 Å². The van der Waals surface area contributed by atoms with Crippen LogP contribution >= 0.6 is 0 Å². The van der Waals surface area contributed by atoms with Crippen LogP contribution in [0.25, 0.3) is 0 Å². The van der Waals surface area contributed by atoms with E-state index in [1.807, 2.05) is 6.92 Å². The number of carboxylic acids is 1. The Bertz CT molecular complexity index is 332. The van der Waals surface area contributed by atoms with E-state index < -0.39 is 5.97 Å². The molecule has 0 saturated heterocycles. The molecule has 3 nitrogen and oxygen atoms in total. The molecule has 0 aliphatic rings. The number of carbonyl (C=O) groups is 2. The minimum atomic E-state index is -0.693. The highest BCUT2D eigenvalue weighted by Crippen LogP contribution is 2.28. The molecule has 0 aliphatic carbocycles. The first kappa shape index (κ1) is 23.4. The molecule has 0 aromatic heterocycles. The van der Waals surface area contributed by atoms with Crippen LogP contribution in [0.15, 0.2) is 0 Å². The molecule has 0 heterocycles. The Hall–Kier alpha value is -0.860. The van der Waals surface area contributed by atoms with Gasteiger partial charge in [-0.3, -0.25) is 9.59 Å². The number of hydrogen-bond donors (Lipinski definition) is 1. The van der Waals surface area contributed by atoms with Gasteiger partial charge in [0.1, 0.15) is 5.78 Å². The molecule has 3 heteroatoms. The summed E-state index contributed by atoms with van der Waals surface area (Å²) in [5.74, 6) is 0.336. The summed E-state index contributed by atoms with van der Waals surface area (Å²) in [6.45, 7) is 18.8. The van der Waals surface area contributed by atoms with Crippen molar-refractivity contribution in [1.82, 2.24) is 0 Å². The minimum Gasteiger partial charge on any atom is -0.481 e. The molecule has 0 aromatic rings. The number of aliphatic carboxylic acids is 1. The van der Waals surface area contributed by atoms with E-state index in [4.69, 9.17) is 5.11 Å². The van der Waals surface area contributed by atoms with Gasteiger partial charge in [0.25, 0.3) is 0 Å². The van der Waals surface area contributed by atoms with Gasteiger partial charge in [0, 0.05) is 12.3 Å². The second-order valence-electron chi connectivity index (χ2n) is 8.81. The van der Waals surface area contributed by atoms with Gasteiger partial charge >= 0.3 is 5.97 Å². The van der Waals surface area contributed by atoms with Gasteiger partial charge in [-0.15, -0.1) is 0 Å². The van der Waals surface area contributed by atoms with E-state index >= 15 is 0 Å². The molecule has 0 aromatic carbocycles. The number of carbonyl (C=O) groups excluding carboxylic acids is 1. The van der Waals surface area contributed by atoms with Crippen molar-refractivity contribution in [2.75, 3.05) is 0 Å². The third-order valence-electron chi connectivity index (χ3n) is 4.29. The van der Waals surface area contributed by atoms with E-state index in [0.29, 0.717) is 23.5 Å². The van der Waals surface area contributed by atoms with Crippen molar-refractivity contribution >= 4 is 11.8 Å². The van der Waals surface area contributed by atoms with Crippen molar-refractivity contribution in [2.45, 2.75) is 88.0 Å². The van der Waals surface area contributed by atoms with Gasteiger partial charge in [-0.25, -0.2) is 0 Å². The topological polar surface area (TPSA) is 54.4 Å². The van der Waals surface area contributed by atoms with E-state index in [2.05, 4.69) is 48.5 Å². The third-order valence-corrected chi connectivity index (χ3v) is 4.29. The van der Waals surface area contributed by atoms with Crippen LogP contribution in [-0.4, -0.2) is 16.9 Å². The summed E-state index contributed by atoms with van der Waals surface area (Å²) in [4.78, 5) is 21.1. The van der Waals surface area contributed by atoms with Crippen molar-refractivity contribution in [1.29, 1.82) is 0 Å². The quantitative estimate of drug-likeness (QED) is 0.697. The maximum Gasteiger partial charge on any atom is 0.303 e. The molecule has 1 N–H and O–H groups in total. The zero-order valence-electron chi connectivity index (χ0n) is 16.2. The lowest BCUT2D eigenvalue weighted by atomic mass is 9.79. The first-order valence-electron chi connectivity index (χ1n) is 8.39. The average molecular weight is 315 g/mol. The lowest BCUT2D eigenvalue weighted by Crippen LogP contribution is -2.18. The van der Waals surface area contributed by atoms with Gasteiger partial charge in [-0.2, -0.15) is 0 Å². The predicted molar refractivity (Wildman–Crippen MR) is 94.0 cm³/mol. The zero-order chi connectivity index (χ0) is 18.1. The molecule has 22 heavy (non-hydrogen) atoms. The Morgan fingerprint density at radius 3 is 1.68 bits per heavy atom. The van der Waals surface area contributed by atoms with Gasteiger partial charge in [0.2, 0.25) is 0 Å². The molecular formula is C19H38O3. The van der Waals surface area contributed by atoms with Crippen LogP contribution in [0, 0.1) is 22.7 Å². The lowest BCUT2D eigenvalue weighted by molar-refractivity contribution is -0.137. The Labute approximate surface area is 137 Å². The summed E-state index contributed by atoms with van der Waals surface area (Å²) in [7, 11) is 0. The summed E-state index contributed by atoms with van der Waals surface area (Å²) < 4.78 is 0. The first-order chi connectivity index (χ1) is 9.66. The fraction of sp³-hybridized carbons (Fsp3) is 0.895. The molecule has 2 atom stereocenters. The SMILES string of the molecule is CC(=O)C(C)CCC(C)(C)C.CC(CCC(=O)O)C(C)(C)C. The fourth-order valence-corrected chi connectivity index (χ4v) is 1.63. The predicted octanol–water partition coefficient (Wildman–Crippen LogP) is 5.57. The van der Waals surface area contributed by atoms with Crippen molar-refractivity contribution in [3.8, 4) is 0 Å². The number of hydrogen-bond acceptors (Lipinski definition) is 2. The van der Waals surface area contributed by atoms with Crippen LogP contribution in [0.4, 0.5) is 0 Å². The van der Waals surface area contributed by atoms with Crippen LogP contribution < -0.4 is 0 Å². The standard InChI is InChI=1S/C10H20O.C9H18O2/c1-8(9(2)11)6-7-10(3,4)5;1-7(9(2,3)4)5-6-8(10)11/h8H,6-7H2,1-5H3;7H,5-6H2,1-4H3,(H,10,11). The molecule has 0 bridgehead atoms. The molecule has 0 spiro atoms. The Morgan fingerprint density at radius 1 is 0.955 bits per heavy atom. The number of carboxylic acid groups (broad SMARTS) is 1. The molecule has 0 fully saturated rings. The second kappa shape index (κ2) is 10.0. The van der Waals surface area contributed by atoms with E-state index in [1.54, 1.807) is 6.92 Å². The molecule has 0 aliphatic heterocycles. The highest BCUT2D eigenvalue weighted by Gasteiger charge is 2.20. The summed E-state index contributed by atoms with van der Waals surface area (Å²) in [6, 6.07) is 0. The van der Waals surface area contributed by atoms with Gasteiger partial charge in [-0.1, -0.05) is 55.4 Å². The molecule has 0 rings (SSSR count). The van der Waals surface area contributed by atoms with Crippen molar-refractivity contribution in [3.05, 3.63) is 0 Å². The van der Waals surface area contributed by atoms with Crippen LogP contribution in [0.5, 0.6) is 0 Å².